The molecule has 1 aliphatic rings. The van der Waals surface area contributed by atoms with E-state index in [2.05, 4.69) is 10.3 Å². The van der Waals surface area contributed by atoms with Crippen LogP contribution in [0.25, 0.3) is 0 Å². The Morgan fingerprint density at radius 3 is 2.62 bits per heavy atom. The highest BCUT2D eigenvalue weighted by Crippen LogP contribution is 2.19. The van der Waals surface area contributed by atoms with Crippen molar-refractivity contribution in [1.82, 2.24) is 15.2 Å². The van der Waals surface area contributed by atoms with E-state index in [1.54, 1.807) is 17.3 Å². The number of nitrogens with one attached hydrogen (secondary N) is 1. The summed E-state index contributed by atoms with van der Waals surface area (Å²) in [6.07, 6.45) is 6.57. The van der Waals surface area contributed by atoms with Crippen molar-refractivity contribution >= 4 is 11.8 Å². The number of pyridine rings is 1. The van der Waals surface area contributed by atoms with Crippen LogP contribution in [0.15, 0.2) is 24.5 Å². The molecule has 5 nitrogen and oxygen atoms in total. The van der Waals surface area contributed by atoms with Crippen LogP contribution in [0.3, 0.4) is 0 Å². The third kappa shape index (κ3) is 3.60. The van der Waals surface area contributed by atoms with Crippen LogP contribution in [0, 0.1) is 0 Å². The molecular weight excluding hydrogens is 266 g/mol. The summed E-state index contributed by atoms with van der Waals surface area (Å²) in [4.78, 5) is 30.7. The maximum absolute atomic E-state index is 12.6. The average Bonchev–Trinajstić information content (AvgIpc) is 2.49. The third-order valence-electron chi connectivity index (χ3n) is 3.79. The van der Waals surface area contributed by atoms with Gasteiger partial charge in [-0.15, -0.1) is 0 Å². The summed E-state index contributed by atoms with van der Waals surface area (Å²) in [6.45, 7) is 4.49. The summed E-state index contributed by atoms with van der Waals surface area (Å²) in [5, 5.41) is 2.87. The SMILES string of the molecule is CCCC1NC(=O)C(CCC)N(Cc2cccnc2)C1=O. The molecule has 1 aromatic rings. The zero-order valence-corrected chi connectivity index (χ0v) is 12.7. The maximum Gasteiger partial charge on any atom is 0.246 e. The van der Waals surface area contributed by atoms with Gasteiger partial charge in [-0.3, -0.25) is 14.6 Å². The first-order valence-electron chi connectivity index (χ1n) is 7.67. The smallest absolute Gasteiger partial charge is 0.246 e. The molecule has 0 radical (unpaired) electrons. The third-order valence-corrected chi connectivity index (χ3v) is 3.79. The quantitative estimate of drug-likeness (QED) is 0.869. The average molecular weight is 289 g/mol. The number of carbonyl (C=O) groups excluding carboxylic acids is 2. The second-order valence-electron chi connectivity index (χ2n) is 5.48. The molecule has 21 heavy (non-hydrogen) atoms. The highest BCUT2D eigenvalue weighted by Gasteiger charge is 2.39. The maximum atomic E-state index is 12.6. The number of rotatable bonds is 6. The van der Waals surface area contributed by atoms with E-state index in [9.17, 15) is 9.59 Å². The second kappa shape index (κ2) is 7.20. The van der Waals surface area contributed by atoms with Gasteiger partial charge in [0.15, 0.2) is 0 Å². The zero-order chi connectivity index (χ0) is 15.2. The van der Waals surface area contributed by atoms with Crippen molar-refractivity contribution in [2.75, 3.05) is 0 Å². The van der Waals surface area contributed by atoms with Crippen molar-refractivity contribution in [3.8, 4) is 0 Å². The van der Waals surface area contributed by atoms with Gasteiger partial charge < -0.3 is 10.2 Å². The van der Waals surface area contributed by atoms with Crippen LogP contribution >= 0.6 is 0 Å². The minimum Gasteiger partial charge on any atom is -0.343 e. The first-order chi connectivity index (χ1) is 10.2. The number of hydrogen-bond donors (Lipinski definition) is 1. The van der Waals surface area contributed by atoms with Gasteiger partial charge in [-0.25, -0.2) is 0 Å². The van der Waals surface area contributed by atoms with Crippen molar-refractivity contribution < 1.29 is 9.59 Å². The summed E-state index contributed by atoms with van der Waals surface area (Å²) in [7, 11) is 0. The number of hydrogen-bond acceptors (Lipinski definition) is 3. The van der Waals surface area contributed by atoms with E-state index >= 15 is 0 Å². The molecule has 2 amide bonds. The number of amides is 2. The Hall–Kier alpha value is -1.91. The first kappa shape index (κ1) is 15.5. The number of piperazine rings is 1. The van der Waals surface area contributed by atoms with Gasteiger partial charge in [0.05, 0.1) is 0 Å². The lowest BCUT2D eigenvalue weighted by Crippen LogP contribution is -2.62. The van der Waals surface area contributed by atoms with Gasteiger partial charge in [-0.1, -0.05) is 32.8 Å². The molecule has 1 N–H and O–H groups in total. The summed E-state index contributed by atoms with van der Waals surface area (Å²) in [6, 6.07) is 3.04. The lowest BCUT2D eigenvalue weighted by molar-refractivity contribution is -0.150. The van der Waals surface area contributed by atoms with Crippen molar-refractivity contribution in [1.29, 1.82) is 0 Å². The van der Waals surface area contributed by atoms with Gasteiger partial charge in [0.25, 0.3) is 0 Å². The fourth-order valence-corrected chi connectivity index (χ4v) is 2.75. The highest BCUT2D eigenvalue weighted by molar-refractivity contribution is 5.96. The first-order valence-corrected chi connectivity index (χ1v) is 7.67. The Balaban J connectivity index is 2.21. The van der Waals surface area contributed by atoms with E-state index in [1.807, 2.05) is 26.0 Å². The fourth-order valence-electron chi connectivity index (χ4n) is 2.75. The topological polar surface area (TPSA) is 62.3 Å². The van der Waals surface area contributed by atoms with E-state index < -0.39 is 0 Å². The zero-order valence-electron chi connectivity index (χ0n) is 12.7. The molecule has 2 rings (SSSR count). The number of nitrogens with zero attached hydrogens (tertiary/aromatic N) is 2. The van der Waals surface area contributed by atoms with Crippen LogP contribution in [0.1, 0.15) is 45.1 Å². The van der Waals surface area contributed by atoms with E-state index in [4.69, 9.17) is 0 Å². The molecule has 0 bridgehead atoms. The molecule has 2 atom stereocenters. The molecule has 1 aromatic heterocycles. The number of carbonyl (C=O) groups is 2. The van der Waals surface area contributed by atoms with Crippen LogP contribution in [-0.4, -0.2) is 33.8 Å². The highest BCUT2D eigenvalue weighted by atomic mass is 16.2. The predicted molar refractivity (Wildman–Crippen MR) is 80.3 cm³/mol. The van der Waals surface area contributed by atoms with Crippen molar-refractivity contribution in [3.05, 3.63) is 30.1 Å². The van der Waals surface area contributed by atoms with E-state index in [0.29, 0.717) is 19.4 Å². The fraction of sp³-hybridized carbons (Fsp3) is 0.562. The van der Waals surface area contributed by atoms with Gasteiger partial charge in [-0.2, -0.15) is 0 Å². The van der Waals surface area contributed by atoms with Crippen LogP contribution in [-0.2, 0) is 16.1 Å². The van der Waals surface area contributed by atoms with Crippen molar-refractivity contribution in [2.45, 2.75) is 58.2 Å². The molecule has 1 fully saturated rings. The monoisotopic (exact) mass is 289 g/mol. The second-order valence-corrected chi connectivity index (χ2v) is 5.48. The Labute approximate surface area is 125 Å². The number of aromatic nitrogens is 1. The lowest BCUT2D eigenvalue weighted by Gasteiger charge is -2.39. The largest absolute Gasteiger partial charge is 0.343 e. The summed E-state index contributed by atoms with van der Waals surface area (Å²) in [5.74, 6) is -0.00227. The Bertz CT molecular complexity index is 490. The molecule has 2 unspecified atom stereocenters. The molecule has 0 spiro atoms. The standard InChI is InChI=1S/C16H23N3O2/c1-3-6-13-16(21)19(11-12-8-5-9-17-10-12)14(7-4-2)15(20)18-13/h5,8-10,13-14H,3-4,6-7,11H2,1-2H3,(H,18,20). The van der Waals surface area contributed by atoms with Crippen LogP contribution in [0.4, 0.5) is 0 Å². The molecule has 1 saturated heterocycles. The molecule has 0 aromatic carbocycles. The Morgan fingerprint density at radius 1 is 1.24 bits per heavy atom. The van der Waals surface area contributed by atoms with Gasteiger partial charge in [0, 0.05) is 18.9 Å². The van der Waals surface area contributed by atoms with Crippen LogP contribution < -0.4 is 5.32 Å². The van der Waals surface area contributed by atoms with E-state index in [-0.39, 0.29) is 23.9 Å². The van der Waals surface area contributed by atoms with Crippen molar-refractivity contribution in [2.24, 2.45) is 0 Å². The summed E-state index contributed by atoms with van der Waals surface area (Å²) in [5.41, 5.74) is 0.955. The summed E-state index contributed by atoms with van der Waals surface area (Å²) >= 11 is 0. The minimum atomic E-state index is -0.382. The Kier molecular flexibility index (Phi) is 5.31. The lowest BCUT2D eigenvalue weighted by atomic mass is 10.00. The Morgan fingerprint density at radius 2 is 2.00 bits per heavy atom. The van der Waals surface area contributed by atoms with Crippen molar-refractivity contribution in [3.63, 3.8) is 0 Å². The molecule has 1 aliphatic heterocycles. The molecule has 2 heterocycles. The molecule has 0 aliphatic carbocycles. The van der Waals surface area contributed by atoms with Gasteiger partial charge in [0.1, 0.15) is 12.1 Å². The summed E-state index contributed by atoms with van der Waals surface area (Å²) < 4.78 is 0. The molecule has 5 heteroatoms. The minimum absolute atomic E-state index is 0.0266. The normalized spacial score (nSPS) is 22.3. The van der Waals surface area contributed by atoms with Gasteiger partial charge in [0.2, 0.25) is 11.8 Å². The van der Waals surface area contributed by atoms with Crippen LogP contribution in [0.2, 0.25) is 0 Å². The van der Waals surface area contributed by atoms with Gasteiger partial charge in [-0.05, 0) is 24.5 Å². The molecular formula is C16H23N3O2. The van der Waals surface area contributed by atoms with E-state index in [0.717, 1.165) is 18.4 Å². The molecule has 114 valence electrons. The predicted octanol–water partition coefficient (Wildman–Crippen LogP) is 1.88. The van der Waals surface area contributed by atoms with Crippen LogP contribution in [0.5, 0.6) is 0 Å². The van der Waals surface area contributed by atoms with Gasteiger partial charge >= 0.3 is 0 Å². The van der Waals surface area contributed by atoms with E-state index in [1.165, 1.54) is 0 Å². The molecule has 0 saturated carbocycles.